The van der Waals surface area contributed by atoms with E-state index in [0.717, 1.165) is 11.4 Å². The molecule has 3 rings (SSSR count). The van der Waals surface area contributed by atoms with Crippen LogP contribution in [0.5, 0.6) is 0 Å². The molecule has 0 amide bonds. The van der Waals surface area contributed by atoms with E-state index < -0.39 is 0 Å². The van der Waals surface area contributed by atoms with E-state index in [-0.39, 0.29) is 0 Å². The van der Waals surface area contributed by atoms with Gasteiger partial charge in [-0.1, -0.05) is 18.2 Å². The summed E-state index contributed by atoms with van der Waals surface area (Å²) >= 11 is 0. The molecule has 3 aromatic rings. The minimum Gasteiger partial charge on any atom is -0.363 e. The van der Waals surface area contributed by atoms with Gasteiger partial charge in [-0.15, -0.1) is 0 Å². The molecule has 0 saturated carbocycles. The van der Waals surface area contributed by atoms with Crippen LogP contribution in [0.1, 0.15) is 11.3 Å². The van der Waals surface area contributed by atoms with Crippen LogP contribution in [0.4, 0.5) is 5.82 Å². The van der Waals surface area contributed by atoms with Gasteiger partial charge < -0.3 is 5.32 Å². The van der Waals surface area contributed by atoms with E-state index in [1.165, 1.54) is 0 Å². The summed E-state index contributed by atoms with van der Waals surface area (Å²) in [6.45, 7) is 0.519. The first-order valence-electron chi connectivity index (χ1n) is 6.56. The van der Waals surface area contributed by atoms with Crippen molar-refractivity contribution in [3.05, 3.63) is 72.2 Å². The Morgan fingerprint density at radius 1 is 1.10 bits per heavy atom. The molecule has 0 aliphatic rings. The maximum absolute atomic E-state index is 9.02. The number of nitrogens with one attached hydrogen (secondary N) is 1. The summed E-state index contributed by atoms with van der Waals surface area (Å²) in [5.74, 6) is 0.578. The molecule has 2 heterocycles. The smallest absolute Gasteiger partial charge is 0.144 e. The summed E-state index contributed by atoms with van der Waals surface area (Å²) in [6, 6.07) is 17.4. The van der Waals surface area contributed by atoms with Gasteiger partial charge in [0.2, 0.25) is 0 Å². The Hall–Kier alpha value is -3.13. The van der Waals surface area contributed by atoms with Crippen LogP contribution in [-0.2, 0) is 6.54 Å². The molecule has 0 unspecified atom stereocenters. The van der Waals surface area contributed by atoms with Gasteiger partial charge in [-0.3, -0.25) is 0 Å². The molecule has 0 fully saturated rings. The Kier molecular flexibility index (Phi) is 3.61. The lowest BCUT2D eigenvalue weighted by Crippen LogP contribution is -2.04. The number of rotatable bonds is 4. The van der Waals surface area contributed by atoms with Gasteiger partial charge in [0.25, 0.3) is 0 Å². The summed E-state index contributed by atoms with van der Waals surface area (Å²) in [7, 11) is 0. The second-order valence-electron chi connectivity index (χ2n) is 4.45. The highest BCUT2D eigenvalue weighted by Gasteiger charge is 2.04. The molecule has 5 nitrogen and oxygen atoms in total. The minimum atomic E-state index is 0.519. The fourth-order valence-electron chi connectivity index (χ4n) is 1.99. The predicted octanol–water partition coefficient (Wildman–Crippen LogP) is 2.75. The molecule has 0 saturated heterocycles. The Morgan fingerprint density at radius 3 is 2.76 bits per heavy atom. The zero-order valence-electron chi connectivity index (χ0n) is 11.3. The van der Waals surface area contributed by atoms with Crippen molar-refractivity contribution in [1.82, 2.24) is 14.8 Å². The molecule has 0 bridgehead atoms. The van der Waals surface area contributed by atoms with Crippen molar-refractivity contribution in [3.8, 4) is 11.8 Å². The number of aromatic nitrogens is 3. The molecular weight excluding hydrogens is 262 g/mol. The van der Waals surface area contributed by atoms with Gasteiger partial charge in [-0.25, -0.2) is 9.67 Å². The fourth-order valence-corrected chi connectivity index (χ4v) is 1.99. The molecule has 0 radical (unpaired) electrons. The van der Waals surface area contributed by atoms with E-state index in [1.807, 2.05) is 47.3 Å². The highest BCUT2D eigenvalue weighted by molar-refractivity contribution is 5.51. The third-order valence-electron chi connectivity index (χ3n) is 3.03. The monoisotopic (exact) mass is 275 g/mol. The lowest BCUT2D eigenvalue weighted by Gasteiger charge is -2.04. The molecule has 1 aromatic carbocycles. The van der Waals surface area contributed by atoms with Crippen LogP contribution in [-0.4, -0.2) is 14.8 Å². The van der Waals surface area contributed by atoms with E-state index in [2.05, 4.69) is 21.5 Å². The number of anilines is 1. The van der Waals surface area contributed by atoms with Gasteiger partial charge in [0.1, 0.15) is 11.9 Å². The average molecular weight is 275 g/mol. The third-order valence-corrected chi connectivity index (χ3v) is 3.03. The Labute approximate surface area is 122 Å². The van der Waals surface area contributed by atoms with Crippen LogP contribution in [0, 0.1) is 11.3 Å². The molecule has 0 aliphatic heterocycles. The summed E-state index contributed by atoms with van der Waals surface area (Å²) in [6.07, 6.45) is 3.57. The van der Waals surface area contributed by atoms with Crippen LogP contribution in [0.15, 0.2) is 60.9 Å². The number of nitriles is 1. The van der Waals surface area contributed by atoms with Crippen LogP contribution >= 0.6 is 0 Å². The second kappa shape index (κ2) is 5.88. The summed E-state index contributed by atoms with van der Waals surface area (Å²) < 4.78 is 1.82. The van der Waals surface area contributed by atoms with Crippen LogP contribution in [0.2, 0.25) is 0 Å². The highest BCUT2D eigenvalue weighted by atomic mass is 15.3. The number of benzene rings is 1. The van der Waals surface area contributed by atoms with Crippen LogP contribution in [0.3, 0.4) is 0 Å². The number of pyridine rings is 1. The summed E-state index contributed by atoms with van der Waals surface area (Å²) in [5.41, 5.74) is 2.42. The molecule has 102 valence electrons. The van der Waals surface area contributed by atoms with E-state index >= 15 is 0 Å². The normalized spacial score (nSPS) is 10.0. The number of hydrogen-bond acceptors (Lipinski definition) is 4. The van der Waals surface area contributed by atoms with Gasteiger partial charge in [0.05, 0.1) is 23.5 Å². The molecular formula is C16H13N5. The predicted molar refractivity (Wildman–Crippen MR) is 79.8 cm³/mol. The van der Waals surface area contributed by atoms with Crippen molar-refractivity contribution in [3.63, 3.8) is 0 Å². The minimum absolute atomic E-state index is 0.519. The maximum atomic E-state index is 9.02. The van der Waals surface area contributed by atoms with E-state index in [9.17, 15) is 0 Å². The first-order chi connectivity index (χ1) is 10.4. The van der Waals surface area contributed by atoms with Crippen LogP contribution in [0.25, 0.3) is 5.69 Å². The maximum Gasteiger partial charge on any atom is 0.144 e. The summed E-state index contributed by atoms with van der Waals surface area (Å²) in [5, 5.41) is 16.6. The number of hydrogen-bond donors (Lipinski definition) is 1. The molecule has 21 heavy (non-hydrogen) atoms. The molecule has 5 heteroatoms. The zero-order valence-corrected chi connectivity index (χ0v) is 11.3. The average Bonchev–Trinajstić information content (AvgIpc) is 3.03. The Bertz CT molecular complexity index is 771. The molecule has 0 atom stereocenters. The standard InChI is InChI=1S/C16H13N5/c17-11-13-5-4-9-18-16(13)19-12-14-8-10-21(20-14)15-6-2-1-3-7-15/h1-10H,12H2,(H,18,19). The molecule has 0 spiro atoms. The van der Waals surface area contributed by atoms with E-state index in [4.69, 9.17) is 5.26 Å². The van der Waals surface area contributed by atoms with Crippen molar-refractivity contribution >= 4 is 5.82 Å². The lowest BCUT2D eigenvalue weighted by molar-refractivity contribution is 0.842. The van der Waals surface area contributed by atoms with Crippen molar-refractivity contribution in [2.75, 3.05) is 5.32 Å². The summed E-state index contributed by atoms with van der Waals surface area (Å²) in [4.78, 5) is 4.16. The van der Waals surface area contributed by atoms with Crippen LogP contribution < -0.4 is 5.32 Å². The van der Waals surface area contributed by atoms with Gasteiger partial charge in [-0.2, -0.15) is 10.4 Å². The molecule has 1 N–H and O–H groups in total. The van der Waals surface area contributed by atoms with E-state index in [1.54, 1.807) is 18.3 Å². The quantitative estimate of drug-likeness (QED) is 0.795. The SMILES string of the molecule is N#Cc1cccnc1NCc1ccn(-c2ccccc2)n1. The van der Waals surface area contributed by atoms with E-state index in [0.29, 0.717) is 17.9 Å². The van der Waals surface area contributed by atoms with Crippen molar-refractivity contribution < 1.29 is 0 Å². The topological polar surface area (TPSA) is 66.5 Å². The zero-order chi connectivity index (χ0) is 14.5. The van der Waals surface area contributed by atoms with Crippen molar-refractivity contribution in [2.24, 2.45) is 0 Å². The van der Waals surface area contributed by atoms with Gasteiger partial charge in [0, 0.05) is 12.4 Å². The first kappa shape index (κ1) is 12.9. The largest absolute Gasteiger partial charge is 0.363 e. The number of nitrogens with zero attached hydrogens (tertiary/aromatic N) is 4. The lowest BCUT2D eigenvalue weighted by atomic mass is 10.3. The third kappa shape index (κ3) is 2.90. The molecule has 0 aliphatic carbocycles. The van der Waals surface area contributed by atoms with Crippen molar-refractivity contribution in [2.45, 2.75) is 6.54 Å². The van der Waals surface area contributed by atoms with Gasteiger partial charge in [0.15, 0.2) is 0 Å². The number of para-hydroxylation sites is 1. The van der Waals surface area contributed by atoms with Gasteiger partial charge >= 0.3 is 0 Å². The Balaban J connectivity index is 1.72. The second-order valence-corrected chi connectivity index (χ2v) is 4.45. The van der Waals surface area contributed by atoms with Gasteiger partial charge in [-0.05, 0) is 30.3 Å². The fraction of sp³-hybridized carbons (Fsp3) is 0.0625. The molecule has 2 aromatic heterocycles. The first-order valence-corrected chi connectivity index (χ1v) is 6.56. The Morgan fingerprint density at radius 2 is 1.95 bits per heavy atom. The van der Waals surface area contributed by atoms with Crippen molar-refractivity contribution in [1.29, 1.82) is 5.26 Å². The highest BCUT2D eigenvalue weighted by Crippen LogP contribution is 2.12.